The molecule has 8 nitrogen and oxygen atoms in total. The van der Waals surface area contributed by atoms with Crippen LogP contribution in [0.2, 0.25) is 0 Å². The van der Waals surface area contributed by atoms with Gasteiger partial charge in [0.15, 0.2) is 0 Å². The van der Waals surface area contributed by atoms with Crippen molar-refractivity contribution in [3.8, 4) is 22.5 Å². The van der Waals surface area contributed by atoms with E-state index < -0.39 is 11.6 Å². The first kappa shape index (κ1) is 21.9. The monoisotopic (exact) mass is 459 g/mol. The highest BCUT2D eigenvalue weighted by molar-refractivity contribution is 5.99. The summed E-state index contributed by atoms with van der Waals surface area (Å²) in [6.07, 6.45) is 2.97. The fraction of sp³-hybridized carbons (Fsp3) is 0.269. The van der Waals surface area contributed by atoms with E-state index in [4.69, 9.17) is 9.15 Å². The Balaban J connectivity index is 1.64. The summed E-state index contributed by atoms with van der Waals surface area (Å²) in [6.45, 7) is 0.784. The zero-order valence-corrected chi connectivity index (χ0v) is 18.8. The van der Waals surface area contributed by atoms with E-state index in [1.807, 2.05) is 54.6 Å². The smallest absolute Gasteiger partial charge is 0.405 e. The van der Waals surface area contributed by atoms with Gasteiger partial charge in [0.25, 0.3) is 5.56 Å². The molecule has 1 amide bonds. The molecular formula is C26H25N3O5. The van der Waals surface area contributed by atoms with Crippen LogP contribution in [0.15, 0.2) is 70.1 Å². The molecule has 2 N–H and O–H groups in total. The van der Waals surface area contributed by atoms with Gasteiger partial charge in [0.1, 0.15) is 17.5 Å². The van der Waals surface area contributed by atoms with Crippen LogP contribution < -0.4 is 10.9 Å². The number of fused-ring (bicyclic) bond motifs is 1. The quantitative estimate of drug-likeness (QED) is 0.418. The van der Waals surface area contributed by atoms with E-state index in [-0.39, 0.29) is 11.3 Å². The highest BCUT2D eigenvalue weighted by atomic mass is 16.5. The van der Waals surface area contributed by atoms with Crippen molar-refractivity contribution in [1.82, 2.24) is 14.9 Å². The minimum absolute atomic E-state index is 0.188. The molecule has 0 spiro atoms. The zero-order valence-electron chi connectivity index (χ0n) is 18.8. The molecule has 2 aromatic carbocycles. The third-order valence-corrected chi connectivity index (χ3v) is 6.53. The molecule has 174 valence electrons. The molecule has 1 saturated carbocycles. The van der Waals surface area contributed by atoms with E-state index in [2.05, 4.69) is 10.3 Å². The molecule has 0 saturated heterocycles. The lowest BCUT2D eigenvalue weighted by atomic mass is 9.72. The molecule has 1 aliphatic rings. The second kappa shape index (κ2) is 8.79. The minimum atomic E-state index is -1.02. The number of carboxylic acid groups (broad SMARTS) is 1. The van der Waals surface area contributed by atoms with E-state index in [1.165, 1.54) is 10.9 Å². The van der Waals surface area contributed by atoms with Crippen molar-refractivity contribution in [1.29, 1.82) is 0 Å². The molecule has 2 heterocycles. The molecule has 0 unspecified atom stereocenters. The Hall–Kier alpha value is -3.91. The van der Waals surface area contributed by atoms with Crippen molar-refractivity contribution in [2.45, 2.75) is 31.3 Å². The van der Waals surface area contributed by atoms with Gasteiger partial charge in [-0.05, 0) is 30.4 Å². The predicted octanol–water partition coefficient (Wildman–Crippen LogP) is 4.62. The van der Waals surface area contributed by atoms with Crippen LogP contribution in [0.3, 0.4) is 0 Å². The van der Waals surface area contributed by atoms with Crippen molar-refractivity contribution in [2.75, 3.05) is 13.7 Å². The summed E-state index contributed by atoms with van der Waals surface area (Å²) >= 11 is 0. The van der Waals surface area contributed by atoms with Gasteiger partial charge in [0, 0.05) is 18.2 Å². The van der Waals surface area contributed by atoms with Gasteiger partial charge >= 0.3 is 6.09 Å². The van der Waals surface area contributed by atoms with Gasteiger partial charge in [-0.15, -0.1) is 0 Å². The third-order valence-electron chi connectivity index (χ3n) is 6.53. The average Bonchev–Trinajstić information content (AvgIpc) is 3.22. The summed E-state index contributed by atoms with van der Waals surface area (Å²) in [5.74, 6) is 0.552. The molecule has 2 aromatic heterocycles. The molecule has 0 radical (unpaired) electrons. The minimum Gasteiger partial charge on any atom is -0.465 e. The lowest BCUT2D eigenvalue weighted by Gasteiger charge is -2.42. The summed E-state index contributed by atoms with van der Waals surface area (Å²) < 4.78 is 12.8. The summed E-state index contributed by atoms with van der Waals surface area (Å²) in [4.78, 5) is 29.1. The summed E-state index contributed by atoms with van der Waals surface area (Å²) in [6, 6.07) is 17.3. The molecule has 8 heteroatoms. The summed E-state index contributed by atoms with van der Waals surface area (Å²) in [5, 5.41) is 12.4. The molecule has 0 aliphatic heterocycles. The first-order valence-corrected chi connectivity index (χ1v) is 11.2. The Bertz CT molecular complexity index is 1390. The first-order valence-electron chi connectivity index (χ1n) is 11.2. The van der Waals surface area contributed by atoms with Crippen LogP contribution in [0.25, 0.3) is 33.6 Å². The average molecular weight is 460 g/mol. The van der Waals surface area contributed by atoms with Crippen molar-refractivity contribution < 1.29 is 19.1 Å². The number of rotatable bonds is 7. The number of ether oxygens (including phenoxy) is 1. The largest absolute Gasteiger partial charge is 0.465 e. The van der Waals surface area contributed by atoms with Crippen LogP contribution in [0.1, 0.15) is 24.8 Å². The first-order chi connectivity index (χ1) is 16.5. The fourth-order valence-electron chi connectivity index (χ4n) is 4.62. The van der Waals surface area contributed by atoms with Gasteiger partial charge < -0.3 is 19.6 Å². The predicted molar refractivity (Wildman–Crippen MR) is 128 cm³/mol. The number of furan rings is 1. The number of methoxy groups -OCH3 is 1. The van der Waals surface area contributed by atoms with Gasteiger partial charge in [0.05, 0.1) is 18.7 Å². The number of hydrogen-bond donors (Lipinski definition) is 2. The van der Waals surface area contributed by atoms with Crippen LogP contribution in [0.4, 0.5) is 4.79 Å². The van der Waals surface area contributed by atoms with Gasteiger partial charge in [-0.3, -0.25) is 9.36 Å². The second-order valence-corrected chi connectivity index (χ2v) is 8.53. The van der Waals surface area contributed by atoms with Crippen molar-refractivity contribution in [3.05, 3.63) is 76.8 Å². The van der Waals surface area contributed by atoms with E-state index in [0.717, 1.165) is 36.0 Å². The molecule has 4 aromatic rings. The number of hydrogen-bond acceptors (Lipinski definition) is 5. The normalized spacial score (nSPS) is 14.6. The number of carbonyl (C=O) groups is 1. The zero-order chi connectivity index (χ0) is 23.7. The Morgan fingerprint density at radius 2 is 1.88 bits per heavy atom. The van der Waals surface area contributed by atoms with Gasteiger partial charge in [-0.25, -0.2) is 9.78 Å². The molecule has 34 heavy (non-hydrogen) atoms. The van der Waals surface area contributed by atoms with Crippen LogP contribution in [-0.4, -0.2) is 34.5 Å². The Labute approximate surface area is 195 Å². The molecular weight excluding hydrogens is 434 g/mol. The Kier molecular flexibility index (Phi) is 5.67. The maximum absolute atomic E-state index is 13.4. The lowest BCUT2D eigenvalue weighted by molar-refractivity contribution is 0.144. The van der Waals surface area contributed by atoms with Crippen molar-refractivity contribution >= 4 is 17.2 Å². The number of aromatic nitrogens is 2. The van der Waals surface area contributed by atoms with Crippen molar-refractivity contribution in [3.63, 3.8) is 0 Å². The highest BCUT2D eigenvalue weighted by Crippen LogP contribution is 2.43. The number of benzene rings is 2. The number of nitrogens with zero attached hydrogens (tertiary/aromatic N) is 2. The SMILES string of the molecule is COCCn1cnc2oc(-c3ccc(C4(NC(=O)O)CCC4)cc3)c(-c3ccccc3)c2c1=O. The van der Waals surface area contributed by atoms with Crippen LogP contribution in [-0.2, 0) is 16.8 Å². The second-order valence-electron chi connectivity index (χ2n) is 8.53. The molecule has 0 bridgehead atoms. The van der Waals surface area contributed by atoms with E-state index in [0.29, 0.717) is 29.9 Å². The topological polar surface area (TPSA) is 107 Å². The van der Waals surface area contributed by atoms with Crippen LogP contribution in [0.5, 0.6) is 0 Å². The van der Waals surface area contributed by atoms with Crippen LogP contribution in [0, 0.1) is 0 Å². The lowest BCUT2D eigenvalue weighted by Crippen LogP contribution is -2.50. The fourth-order valence-corrected chi connectivity index (χ4v) is 4.62. The summed E-state index contributed by atoms with van der Waals surface area (Å²) in [5.41, 5.74) is 2.79. The van der Waals surface area contributed by atoms with E-state index >= 15 is 0 Å². The maximum Gasteiger partial charge on any atom is 0.405 e. The Morgan fingerprint density at radius 1 is 1.15 bits per heavy atom. The number of amides is 1. The number of nitrogens with one attached hydrogen (secondary N) is 1. The van der Waals surface area contributed by atoms with E-state index in [1.54, 1.807) is 7.11 Å². The third kappa shape index (κ3) is 3.76. The van der Waals surface area contributed by atoms with Crippen LogP contribution >= 0.6 is 0 Å². The Morgan fingerprint density at radius 3 is 2.50 bits per heavy atom. The molecule has 5 rings (SSSR count). The standard InChI is InChI=1S/C26H25N3O5/c1-33-15-14-29-16-27-23-21(24(29)30)20(17-6-3-2-4-7-17)22(34-23)18-8-10-19(11-9-18)26(12-5-13-26)28-25(31)32/h2-4,6-11,16,28H,5,12-15H2,1H3,(H,31,32). The van der Waals surface area contributed by atoms with Gasteiger partial charge in [-0.1, -0.05) is 54.6 Å². The maximum atomic E-state index is 13.4. The summed E-state index contributed by atoms with van der Waals surface area (Å²) in [7, 11) is 1.59. The molecule has 1 aliphatic carbocycles. The van der Waals surface area contributed by atoms with E-state index in [9.17, 15) is 14.7 Å². The molecule has 0 atom stereocenters. The van der Waals surface area contributed by atoms with Crippen molar-refractivity contribution in [2.24, 2.45) is 0 Å². The van der Waals surface area contributed by atoms with Gasteiger partial charge in [0.2, 0.25) is 5.71 Å². The van der Waals surface area contributed by atoms with Gasteiger partial charge in [-0.2, -0.15) is 0 Å². The molecule has 1 fully saturated rings. The highest BCUT2D eigenvalue weighted by Gasteiger charge is 2.40.